The van der Waals surface area contributed by atoms with E-state index in [1.54, 1.807) is 12.1 Å². The molecule has 0 radical (unpaired) electrons. The third-order valence-electron chi connectivity index (χ3n) is 2.46. The van der Waals surface area contributed by atoms with E-state index in [2.05, 4.69) is 4.72 Å². The molecular weight excluding hydrogens is 226 g/mol. The van der Waals surface area contributed by atoms with Gasteiger partial charge in [0.2, 0.25) is 10.0 Å². The van der Waals surface area contributed by atoms with Crippen LogP contribution in [-0.4, -0.2) is 29.1 Å². The number of anilines is 2. The maximum absolute atomic E-state index is 11.5. The lowest BCUT2D eigenvalue weighted by Gasteiger charge is -2.19. The molecule has 16 heavy (non-hydrogen) atoms. The molecule has 0 saturated carbocycles. The molecular formula is C10H17N3O2S. The second kappa shape index (κ2) is 4.71. The standard InChI is InChI=1S/C10H17N3O2S/c1-4-13(3)10-6-5-8(7-9(10)11)16(14,15)12-2/h5-7,12H,4,11H2,1-3H3. The molecule has 0 aromatic heterocycles. The van der Waals surface area contributed by atoms with Crippen molar-refractivity contribution in [2.24, 2.45) is 0 Å². The van der Waals surface area contributed by atoms with Crippen molar-refractivity contribution >= 4 is 21.4 Å². The summed E-state index contributed by atoms with van der Waals surface area (Å²) in [6.45, 7) is 2.81. The molecule has 0 aliphatic rings. The van der Waals surface area contributed by atoms with Crippen LogP contribution in [0.3, 0.4) is 0 Å². The van der Waals surface area contributed by atoms with E-state index >= 15 is 0 Å². The molecule has 0 heterocycles. The van der Waals surface area contributed by atoms with Crippen LogP contribution in [0.25, 0.3) is 0 Å². The van der Waals surface area contributed by atoms with Crippen LogP contribution < -0.4 is 15.4 Å². The van der Waals surface area contributed by atoms with E-state index in [0.29, 0.717) is 5.69 Å². The van der Waals surface area contributed by atoms with Gasteiger partial charge in [0.15, 0.2) is 0 Å². The molecule has 0 saturated heterocycles. The summed E-state index contributed by atoms with van der Waals surface area (Å²) in [6.07, 6.45) is 0. The first-order chi connectivity index (χ1) is 7.42. The van der Waals surface area contributed by atoms with Crippen LogP contribution in [-0.2, 0) is 10.0 Å². The number of nitrogens with one attached hydrogen (secondary N) is 1. The summed E-state index contributed by atoms with van der Waals surface area (Å²) in [5.74, 6) is 0. The van der Waals surface area contributed by atoms with Gasteiger partial charge in [-0.05, 0) is 32.2 Å². The van der Waals surface area contributed by atoms with Crippen LogP contribution in [0.5, 0.6) is 0 Å². The number of nitrogen functional groups attached to an aromatic ring is 1. The SMILES string of the molecule is CCN(C)c1ccc(S(=O)(=O)NC)cc1N. The molecule has 0 unspecified atom stereocenters. The van der Waals surface area contributed by atoms with Gasteiger partial charge in [-0.3, -0.25) is 0 Å². The van der Waals surface area contributed by atoms with Gasteiger partial charge in [-0.15, -0.1) is 0 Å². The molecule has 0 amide bonds. The minimum absolute atomic E-state index is 0.181. The van der Waals surface area contributed by atoms with Crippen molar-refractivity contribution in [3.05, 3.63) is 18.2 Å². The quantitative estimate of drug-likeness (QED) is 0.761. The third-order valence-corrected chi connectivity index (χ3v) is 3.88. The van der Waals surface area contributed by atoms with Gasteiger partial charge in [0.25, 0.3) is 0 Å². The van der Waals surface area contributed by atoms with Gasteiger partial charge in [-0.2, -0.15) is 0 Å². The first-order valence-electron chi connectivity index (χ1n) is 4.96. The van der Waals surface area contributed by atoms with Gasteiger partial charge in [0, 0.05) is 13.6 Å². The van der Waals surface area contributed by atoms with Crippen molar-refractivity contribution in [2.45, 2.75) is 11.8 Å². The summed E-state index contributed by atoms with van der Waals surface area (Å²) < 4.78 is 25.3. The minimum Gasteiger partial charge on any atom is -0.397 e. The Morgan fingerprint density at radius 1 is 1.44 bits per heavy atom. The first-order valence-corrected chi connectivity index (χ1v) is 6.45. The van der Waals surface area contributed by atoms with Crippen LogP contribution in [0.4, 0.5) is 11.4 Å². The fourth-order valence-electron chi connectivity index (χ4n) is 1.34. The summed E-state index contributed by atoms with van der Waals surface area (Å²) in [7, 11) is -0.145. The minimum atomic E-state index is -3.42. The zero-order valence-corrected chi connectivity index (χ0v) is 10.5. The van der Waals surface area contributed by atoms with E-state index in [9.17, 15) is 8.42 Å². The van der Waals surface area contributed by atoms with Crippen molar-refractivity contribution < 1.29 is 8.42 Å². The number of hydrogen-bond donors (Lipinski definition) is 2. The summed E-state index contributed by atoms with van der Waals surface area (Å²) in [5, 5.41) is 0. The fraction of sp³-hybridized carbons (Fsp3) is 0.400. The summed E-state index contributed by atoms with van der Waals surface area (Å²) in [4.78, 5) is 2.13. The molecule has 3 N–H and O–H groups in total. The highest BCUT2D eigenvalue weighted by molar-refractivity contribution is 7.89. The molecule has 0 fully saturated rings. The van der Waals surface area contributed by atoms with E-state index in [-0.39, 0.29) is 4.90 Å². The Bertz CT molecular complexity index is 471. The lowest BCUT2D eigenvalue weighted by molar-refractivity contribution is 0.588. The molecule has 0 atom stereocenters. The van der Waals surface area contributed by atoms with Gasteiger partial charge < -0.3 is 10.6 Å². The highest BCUT2D eigenvalue weighted by atomic mass is 32.2. The van der Waals surface area contributed by atoms with Crippen LogP contribution in [0.15, 0.2) is 23.1 Å². The molecule has 1 aromatic carbocycles. The van der Waals surface area contributed by atoms with Gasteiger partial charge in [0.1, 0.15) is 0 Å². The lowest BCUT2D eigenvalue weighted by atomic mass is 10.2. The summed E-state index contributed by atoms with van der Waals surface area (Å²) >= 11 is 0. The number of benzene rings is 1. The second-order valence-electron chi connectivity index (χ2n) is 3.44. The number of sulfonamides is 1. The monoisotopic (exact) mass is 243 g/mol. The Labute approximate surface area is 96.3 Å². The largest absolute Gasteiger partial charge is 0.397 e. The normalized spacial score (nSPS) is 11.4. The zero-order chi connectivity index (χ0) is 12.3. The molecule has 5 nitrogen and oxygen atoms in total. The van der Waals surface area contributed by atoms with Gasteiger partial charge in [0.05, 0.1) is 16.3 Å². The maximum Gasteiger partial charge on any atom is 0.240 e. The van der Waals surface area contributed by atoms with Crippen LogP contribution in [0, 0.1) is 0 Å². The first kappa shape index (κ1) is 12.8. The van der Waals surface area contributed by atoms with E-state index in [4.69, 9.17) is 5.73 Å². The number of hydrogen-bond acceptors (Lipinski definition) is 4. The van der Waals surface area contributed by atoms with Crippen molar-refractivity contribution in [3.8, 4) is 0 Å². The predicted molar refractivity (Wildman–Crippen MR) is 66.0 cm³/mol. The Kier molecular flexibility index (Phi) is 3.77. The summed E-state index contributed by atoms with van der Waals surface area (Å²) in [6, 6.07) is 4.72. The Balaban J connectivity index is 3.19. The molecule has 0 aliphatic heterocycles. The lowest BCUT2D eigenvalue weighted by Crippen LogP contribution is -2.20. The summed E-state index contributed by atoms with van der Waals surface area (Å²) in [5.41, 5.74) is 7.11. The molecule has 0 spiro atoms. The van der Waals surface area contributed by atoms with E-state index < -0.39 is 10.0 Å². The van der Waals surface area contributed by atoms with Gasteiger partial charge in [-0.1, -0.05) is 0 Å². The molecule has 6 heteroatoms. The molecule has 90 valence electrons. The molecule has 1 rings (SSSR count). The predicted octanol–water partition coefficient (Wildman–Crippen LogP) is 0.633. The fourth-order valence-corrected chi connectivity index (χ4v) is 2.10. The molecule has 1 aromatic rings. The number of rotatable bonds is 4. The highest BCUT2D eigenvalue weighted by Crippen LogP contribution is 2.24. The number of nitrogens with two attached hydrogens (primary N) is 1. The average molecular weight is 243 g/mol. The highest BCUT2D eigenvalue weighted by Gasteiger charge is 2.13. The Morgan fingerprint density at radius 2 is 2.06 bits per heavy atom. The smallest absolute Gasteiger partial charge is 0.240 e. The topological polar surface area (TPSA) is 75.4 Å². The van der Waals surface area contributed by atoms with Crippen molar-refractivity contribution in [1.82, 2.24) is 4.72 Å². The van der Waals surface area contributed by atoms with Crippen molar-refractivity contribution in [2.75, 3.05) is 31.3 Å². The van der Waals surface area contributed by atoms with Crippen molar-refractivity contribution in [1.29, 1.82) is 0 Å². The molecule has 0 aliphatic carbocycles. The maximum atomic E-state index is 11.5. The number of nitrogens with zero attached hydrogens (tertiary/aromatic N) is 1. The van der Waals surface area contributed by atoms with E-state index in [0.717, 1.165) is 12.2 Å². The van der Waals surface area contributed by atoms with Crippen molar-refractivity contribution in [3.63, 3.8) is 0 Å². The van der Waals surface area contributed by atoms with E-state index in [1.165, 1.54) is 13.1 Å². The Hall–Kier alpha value is -1.27. The van der Waals surface area contributed by atoms with Gasteiger partial charge in [-0.25, -0.2) is 13.1 Å². The van der Waals surface area contributed by atoms with Crippen LogP contribution in [0.2, 0.25) is 0 Å². The van der Waals surface area contributed by atoms with Gasteiger partial charge >= 0.3 is 0 Å². The average Bonchev–Trinajstić information content (AvgIpc) is 2.28. The third kappa shape index (κ3) is 2.45. The van der Waals surface area contributed by atoms with E-state index in [1.807, 2.05) is 18.9 Å². The molecule has 0 bridgehead atoms. The zero-order valence-electron chi connectivity index (χ0n) is 9.69. The van der Waals surface area contributed by atoms with Crippen LogP contribution >= 0.6 is 0 Å². The van der Waals surface area contributed by atoms with Crippen LogP contribution in [0.1, 0.15) is 6.92 Å². The Morgan fingerprint density at radius 3 is 2.50 bits per heavy atom. The second-order valence-corrected chi connectivity index (χ2v) is 5.33.